The fraction of sp³-hybridized carbons (Fsp3) is 0.310. The van der Waals surface area contributed by atoms with Gasteiger partial charge < -0.3 is 10.0 Å². The van der Waals surface area contributed by atoms with E-state index in [1.807, 2.05) is 60.7 Å². The second-order valence-electron chi connectivity index (χ2n) is 9.40. The van der Waals surface area contributed by atoms with Crippen molar-refractivity contribution in [1.29, 1.82) is 5.26 Å². The molecular weight excluding hydrogens is 484 g/mol. The van der Waals surface area contributed by atoms with Crippen LogP contribution in [0, 0.1) is 17.2 Å². The third kappa shape index (κ3) is 5.59. The zero-order valence-electron chi connectivity index (χ0n) is 21.2. The van der Waals surface area contributed by atoms with E-state index in [2.05, 4.69) is 11.0 Å². The van der Waals surface area contributed by atoms with Crippen LogP contribution in [0.15, 0.2) is 94.8 Å². The molecular formula is C29H32N4O3S. The maximum atomic E-state index is 12.4. The van der Waals surface area contributed by atoms with Crippen LogP contribution in [0.5, 0.6) is 0 Å². The minimum atomic E-state index is -3.52. The Morgan fingerprint density at radius 3 is 1.95 bits per heavy atom. The smallest absolute Gasteiger partial charge is 0.242 e. The molecule has 3 aromatic carbocycles. The number of nitriles is 1. The van der Waals surface area contributed by atoms with Crippen LogP contribution in [0.2, 0.25) is 0 Å². The van der Waals surface area contributed by atoms with Crippen molar-refractivity contribution in [1.82, 2.24) is 9.21 Å². The van der Waals surface area contributed by atoms with Gasteiger partial charge in [0.1, 0.15) is 11.4 Å². The van der Waals surface area contributed by atoms with Gasteiger partial charge in [0.25, 0.3) is 0 Å². The molecule has 1 fully saturated rings. The molecule has 1 aliphatic heterocycles. The van der Waals surface area contributed by atoms with Crippen LogP contribution in [-0.2, 0) is 15.6 Å². The second kappa shape index (κ2) is 11.3. The molecule has 0 amide bonds. The summed E-state index contributed by atoms with van der Waals surface area (Å²) in [5, 5.41) is 21.6. The largest absolute Gasteiger partial charge is 0.380 e. The van der Waals surface area contributed by atoms with Gasteiger partial charge in [-0.2, -0.15) is 5.26 Å². The third-order valence-corrected chi connectivity index (χ3v) is 8.82. The number of sulfonamides is 1. The molecule has 1 aliphatic rings. The first-order valence-electron chi connectivity index (χ1n) is 12.3. The number of likely N-dealkylation sites (tertiary alicyclic amines) is 1. The molecule has 8 heteroatoms. The molecule has 0 aromatic heterocycles. The van der Waals surface area contributed by atoms with Gasteiger partial charge in [0, 0.05) is 27.2 Å². The Morgan fingerprint density at radius 1 is 0.973 bits per heavy atom. The van der Waals surface area contributed by atoms with Gasteiger partial charge in [0.15, 0.2) is 0 Å². The fourth-order valence-electron chi connectivity index (χ4n) is 4.92. The Hall–Kier alpha value is -3.51. The van der Waals surface area contributed by atoms with Crippen LogP contribution in [0.4, 0.5) is 5.69 Å². The minimum absolute atomic E-state index is 0.00703. The minimum Gasteiger partial charge on any atom is -0.380 e. The average molecular weight is 517 g/mol. The standard InChI is InChI=1S/C29H32N4O3S/c1-32(2)37(35,36)27-15-13-26(14-16-27)31-28(17-20-30)33-21-18-25(19-22-33)29(34,23-9-5-3-6-10-23)24-11-7-4-8-12-24/h3-16,25,34H,17-19,21-22H2,1-2H3. The van der Waals surface area contributed by atoms with E-state index in [-0.39, 0.29) is 17.2 Å². The molecule has 0 saturated carbocycles. The molecule has 0 aliphatic carbocycles. The predicted octanol–water partition coefficient (Wildman–Crippen LogP) is 4.53. The van der Waals surface area contributed by atoms with Gasteiger partial charge in [-0.25, -0.2) is 17.7 Å². The fourth-order valence-corrected chi connectivity index (χ4v) is 5.82. The van der Waals surface area contributed by atoms with Crippen LogP contribution in [-0.4, -0.2) is 55.7 Å². The van der Waals surface area contributed by atoms with Gasteiger partial charge in [-0.1, -0.05) is 60.7 Å². The molecule has 0 radical (unpaired) electrons. The number of benzene rings is 3. The third-order valence-electron chi connectivity index (χ3n) is 6.99. The molecule has 7 nitrogen and oxygen atoms in total. The van der Waals surface area contributed by atoms with Crippen molar-refractivity contribution in [3.63, 3.8) is 0 Å². The summed E-state index contributed by atoms with van der Waals surface area (Å²) in [4.78, 5) is 6.99. The molecule has 1 saturated heterocycles. The van der Waals surface area contributed by atoms with Crippen LogP contribution < -0.4 is 0 Å². The number of aliphatic imine (C=N–C) groups is 1. The molecule has 1 heterocycles. The lowest BCUT2D eigenvalue weighted by Gasteiger charge is -2.43. The lowest BCUT2D eigenvalue weighted by molar-refractivity contribution is -0.00665. The molecule has 192 valence electrons. The number of hydrogen-bond acceptors (Lipinski definition) is 5. The van der Waals surface area contributed by atoms with Crippen LogP contribution >= 0.6 is 0 Å². The SMILES string of the molecule is CN(C)S(=O)(=O)c1ccc(N=C(CC#N)N2CCC(C(O)(c3ccccc3)c3ccccc3)CC2)cc1. The lowest BCUT2D eigenvalue weighted by Crippen LogP contribution is -2.46. The van der Waals surface area contributed by atoms with E-state index in [1.165, 1.54) is 30.5 Å². The Morgan fingerprint density at radius 2 is 1.49 bits per heavy atom. The highest BCUT2D eigenvalue weighted by Crippen LogP contribution is 2.42. The Labute approximate surface area is 219 Å². The summed E-state index contributed by atoms with van der Waals surface area (Å²) in [7, 11) is -0.535. The first kappa shape index (κ1) is 26.6. The van der Waals surface area contributed by atoms with Crippen molar-refractivity contribution in [2.75, 3.05) is 27.2 Å². The Kier molecular flexibility index (Phi) is 8.08. The number of hydrogen-bond donors (Lipinski definition) is 1. The van der Waals surface area contributed by atoms with Crippen molar-refractivity contribution in [3.8, 4) is 6.07 Å². The molecule has 0 unspecified atom stereocenters. The second-order valence-corrected chi connectivity index (χ2v) is 11.6. The van der Waals surface area contributed by atoms with Gasteiger partial charge >= 0.3 is 0 Å². The zero-order valence-corrected chi connectivity index (χ0v) is 22.0. The summed E-state index contributed by atoms with van der Waals surface area (Å²) in [6, 6.07) is 28.2. The van der Waals surface area contributed by atoms with Crippen LogP contribution in [0.25, 0.3) is 0 Å². The van der Waals surface area contributed by atoms with E-state index in [9.17, 15) is 18.8 Å². The first-order valence-corrected chi connectivity index (χ1v) is 13.8. The van der Waals surface area contributed by atoms with Crippen molar-refractivity contribution in [3.05, 3.63) is 96.1 Å². The maximum absolute atomic E-state index is 12.4. The summed E-state index contributed by atoms with van der Waals surface area (Å²) in [5.41, 5.74) is 1.22. The van der Waals surface area contributed by atoms with Crippen LogP contribution in [0.1, 0.15) is 30.4 Å². The summed E-state index contributed by atoms with van der Waals surface area (Å²) < 4.78 is 25.9. The topological polar surface area (TPSA) is 97.0 Å². The highest BCUT2D eigenvalue weighted by Gasteiger charge is 2.41. The van der Waals surface area contributed by atoms with Crippen LogP contribution in [0.3, 0.4) is 0 Å². The number of piperidine rings is 1. The van der Waals surface area contributed by atoms with E-state index in [4.69, 9.17) is 4.99 Å². The highest BCUT2D eigenvalue weighted by molar-refractivity contribution is 7.89. The molecule has 1 N–H and O–H groups in total. The monoisotopic (exact) mass is 516 g/mol. The molecule has 37 heavy (non-hydrogen) atoms. The molecule has 0 bridgehead atoms. The Bertz CT molecular complexity index is 1320. The normalized spacial score (nSPS) is 15.5. The van der Waals surface area contributed by atoms with Gasteiger partial charge in [0.05, 0.1) is 23.1 Å². The molecule has 0 spiro atoms. The van der Waals surface area contributed by atoms with E-state index in [0.717, 1.165) is 24.0 Å². The van der Waals surface area contributed by atoms with Crippen molar-refractivity contribution < 1.29 is 13.5 Å². The first-order chi connectivity index (χ1) is 17.8. The van der Waals surface area contributed by atoms with Crippen molar-refractivity contribution in [2.24, 2.45) is 10.9 Å². The van der Waals surface area contributed by atoms with Crippen molar-refractivity contribution in [2.45, 2.75) is 29.8 Å². The van der Waals surface area contributed by atoms with Crippen molar-refractivity contribution >= 4 is 21.5 Å². The van der Waals surface area contributed by atoms with E-state index < -0.39 is 15.6 Å². The van der Waals surface area contributed by atoms with E-state index in [0.29, 0.717) is 24.6 Å². The highest BCUT2D eigenvalue weighted by atomic mass is 32.2. The number of rotatable bonds is 7. The predicted molar refractivity (Wildman–Crippen MR) is 145 cm³/mol. The quantitative estimate of drug-likeness (QED) is 0.368. The summed E-state index contributed by atoms with van der Waals surface area (Å²) in [6.07, 6.45) is 1.60. The molecule has 4 rings (SSSR count). The summed E-state index contributed by atoms with van der Waals surface area (Å²) in [5.74, 6) is 0.638. The van der Waals surface area contributed by atoms with E-state index in [1.54, 1.807) is 12.1 Å². The number of amidine groups is 1. The molecule has 3 aromatic rings. The van der Waals surface area contributed by atoms with Gasteiger partial charge in [0.2, 0.25) is 10.0 Å². The summed E-state index contributed by atoms with van der Waals surface area (Å²) >= 11 is 0. The van der Waals surface area contributed by atoms with E-state index >= 15 is 0 Å². The maximum Gasteiger partial charge on any atom is 0.242 e. The van der Waals surface area contributed by atoms with Gasteiger partial charge in [-0.15, -0.1) is 0 Å². The summed E-state index contributed by atoms with van der Waals surface area (Å²) in [6.45, 7) is 1.31. The Balaban J connectivity index is 1.55. The average Bonchev–Trinajstić information content (AvgIpc) is 2.93. The lowest BCUT2D eigenvalue weighted by atomic mass is 9.72. The van der Waals surface area contributed by atoms with Gasteiger partial charge in [-0.3, -0.25) is 0 Å². The van der Waals surface area contributed by atoms with Gasteiger partial charge in [-0.05, 0) is 54.2 Å². The molecule has 0 atom stereocenters. The zero-order chi connectivity index (χ0) is 26.5. The number of nitrogens with zero attached hydrogens (tertiary/aromatic N) is 4. The number of aliphatic hydroxyl groups is 1.